The number of aromatic nitrogens is 1. The second-order valence-corrected chi connectivity index (χ2v) is 7.04. The number of amides is 1. The molecule has 1 aromatic heterocycles. The fraction of sp³-hybridized carbons (Fsp3) is 0.261. The first-order chi connectivity index (χ1) is 12.8. The van der Waals surface area contributed by atoms with E-state index in [0.717, 1.165) is 37.1 Å². The number of hydrogen-bond acceptors (Lipinski definition) is 1. The van der Waals surface area contributed by atoms with Crippen LogP contribution in [0.15, 0.2) is 66.7 Å². The van der Waals surface area contributed by atoms with E-state index in [4.69, 9.17) is 0 Å². The van der Waals surface area contributed by atoms with E-state index in [2.05, 4.69) is 58.8 Å². The number of carbonyl (C=O) groups excluding carboxylic acids is 1. The normalized spacial score (nSPS) is 16.1. The standard InChI is InChI=1S/C23H24N2O/c26-23(25-21-11-10-17-6-4-5-9-19(17)16-21)15-13-20-12-14-22(24-20)18-7-2-1-3-8-18/h1-9,12,14,21,24H,10-11,13,15-16H2,(H,25,26)/t21-/m1/s1. The van der Waals surface area contributed by atoms with Crippen LogP contribution in [0.1, 0.15) is 29.7 Å². The summed E-state index contributed by atoms with van der Waals surface area (Å²) in [7, 11) is 0. The second kappa shape index (κ2) is 7.61. The summed E-state index contributed by atoms with van der Waals surface area (Å²) in [6.45, 7) is 0. The molecule has 1 atom stereocenters. The molecular formula is C23H24N2O. The van der Waals surface area contributed by atoms with Crippen LogP contribution in [0.2, 0.25) is 0 Å². The Morgan fingerprint density at radius 3 is 2.58 bits per heavy atom. The van der Waals surface area contributed by atoms with Crippen LogP contribution >= 0.6 is 0 Å². The molecule has 1 amide bonds. The minimum Gasteiger partial charge on any atom is -0.358 e. The molecule has 1 aliphatic carbocycles. The first-order valence-corrected chi connectivity index (χ1v) is 9.37. The molecule has 3 aromatic rings. The number of carbonyl (C=O) groups is 1. The van der Waals surface area contributed by atoms with Crippen molar-refractivity contribution in [3.8, 4) is 11.3 Å². The Balaban J connectivity index is 1.29. The Hall–Kier alpha value is -2.81. The topological polar surface area (TPSA) is 44.9 Å². The van der Waals surface area contributed by atoms with Gasteiger partial charge in [-0.1, -0.05) is 54.6 Å². The lowest BCUT2D eigenvalue weighted by Gasteiger charge is -2.25. The van der Waals surface area contributed by atoms with Crippen molar-refractivity contribution in [2.75, 3.05) is 0 Å². The monoisotopic (exact) mass is 344 g/mol. The molecule has 0 aliphatic heterocycles. The molecule has 1 aliphatic rings. The maximum absolute atomic E-state index is 12.3. The van der Waals surface area contributed by atoms with Crippen molar-refractivity contribution in [2.24, 2.45) is 0 Å². The van der Waals surface area contributed by atoms with E-state index in [1.807, 2.05) is 18.2 Å². The Bertz CT molecular complexity index is 882. The molecule has 2 aromatic carbocycles. The molecule has 26 heavy (non-hydrogen) atoms. The molecule has 0 saturated heterocycles. The van der Waals surface area contributed by atoms with Gasteiger partial charge in [0.15, 0.2) is 0 Å². The van der Waals surface area contributed by atoms with Crippen LogP contribution in [-0.4, -0.2) is 16.9 Å². The summed E-state index contributed by atoms with van der Waals surface area (Å²) in [5, 5.41) is 3.22. The summed E-state index contributed by atoms with van der Waals surface area (Å²) in [5.41, 5.74) is 6.18. The number of rotatable bonds is 5. The van der Waals surface area contributed by atoms with Crippen molar-refractivity contribution < 1.29 is 4.79 Å². The highest BCUT2D eigenvalue weighted by atomic mass is 16.1. The number of nitrogens with one attached hydrogen (secondary N) is 2. The highest BCUT2D eigenvalue weighted by molar-refractivity contribution is 5.76. The van der Waals surface area contributed by atoms with Gasteiger partial charge in [-0.15, -0.1) is 0 Å². The van der Waals surface area contributed by atoms with Gasteiger partial charge in [0.1, 0.15) is 0 Å². The van der Waals surface area contributed by atoms with Crippen molar-refractivity contribution in [3.05, 3.63) is 83.6 Å². The van der Waals surface area contributed by atoms with E-state index in [9.17, 15) is 4.79 Å². The van der Waals surface area contributed by atoms with E-state index in [1.165, 1.54) is 16.7 Å². The van der Waals surface area contributed by atoms with E-state index in [0.29, 0.717) is 6.42 Å². The average Bonchev–Trinajstić information content (AvgIpc) is 3.16. The molecule has 0 spiro atoms. The molecule has 0 saturated carbocycles. The maximum Gasteiger partial charge on any atom is 0.220 e. The molecule has 1 heterocycles. The number of fused-ring (bicyclic) bond motifs is 1. The van der Waals surface area contributed by atoms with Gasteiger partial charge in [-0.2, -0.15) is 0 Å². The number of H-pyrrole nitrogens is 1. The summed E-state index contributed by atoms with van der Waals surface area (Å²) in [5.74, 6) is 0.144. The third kappa shape index (κ3) is 3.88. The van der Waals surface area contributed by atoms with Crippen molar-refractivity contribution >= 4 is 5.91 Å². The first-order valence-electron chi connectivity index (χ1n) is 9.37. The van der Waals surface area contributed by atoms with Crippen LogP contribution in [0.25, 0.3) is 11.3 Å². The maximum atomic E-state index is 12.3. The van der Waals surface area contributed by atoms with Crippen LogP contribution in [0.3, 0.4) is 0 Å². The average molecular weight is 344 g/mol. The summed E-state index contributed by atoms with van der Waals surface area (Å²) in [4.78, 5) is 15.8. The number of aromatic amines is 1. The van der Waals surface area contributed by atoms with E-state index in [-0.39, 0.29) is 11.9 Å². The van der Waals surface area contributed by atoms with Crippen molar-refractivity contribution in [3.63, 3.8) is 0 Å². The van der Waals surface area contributed by atoms with Gasteiger partial charge >= 0.3 is 0 Å². The molecule has 3 heteroatoms. The van der Waals surface area contributed by atoms with Gasteiger partial charge in [0.25, 0.3) is 0 Å². The summed E-state index contributed by atoms with van der Waals surface area (Å²) in [6.07, 6.45) is 4.29. The Kier molecular flexibility index (Phi) is 4.87. The molecule has 0 bridgehead atoms. The van der Waals surface area contributed by atoms with Gasteiger partial charge in [0.05, 0.1) is 0 Å². The molecule has 0 fully saturated rings. The molecule has 4 rings (SSSR count). The largest absolute Gasteiger partial charge is 0.358 e. The zero-order valence-corrected chi connectivity index (χ0v) is 14.9. The van der Waals surface area contributed by atoms with Gasteiger partial charge in [0, 0.05) is 23.9 Å². The predicted molar refractivity (Wildman–Crippen MR) is 105 cm³/mol. The van der Waals surface area contributed by atoms with Crippen LogP contribution in [0.4, 0.5) is 0 Å². The van der Waals surface area contributed by atoms with Crippen LogP contribution in [0, 0.1) is 0 Å². The summed E-state index contributed by atoms with van der Waals surface area (Å²) >= 11 is 0. The number of hydrogen-bond donors (Lipinski definition) is 2. The minimum atomic E-state index is 0.144. The fourth-order valence-electron chi connectivity index (χ4n) is 3.74. The smallest absolute Gasteiger partial charge is 0.220 e. The van der Waals surface area contributed by atoms with E-state index < -0.39 is 0 Å². The van der Waals surface area contributed by atoms with Crippen molar-refractivity contribution in [1.29, 1.82) is 0 Å². The molecule has 0 radical (unpaired) electrons. The van der Waals surface area contributed by atoms with Gasteiger partial charge in [-0.3, -0.25) is 4.79 Å². The van der Waals surface area contributed by atoms with Gasteiger partial charge < -0.3 is 10.3 Å². The lowest BCUT2D eigenvalue weighted by molar-refractivity contribution is -0.121. The third-order valence-electron chi connectivity index (χ3n) is 5.16. The fourth-order valence-corrected chi connectivity index (χ4v) is 3.74. The number of aryl methyl sites for hydroxylation is 2. The predicted octanol–water partition coefficient (Wildman–Crippen LogP) is 4.29. The molecule has 132 valence electrons. The van der Waals surface area contributed by atoms with Crippen LogP contribution in [-0.2, 0) is 24.1 Å². The minimum absolute atomic E-state index is 0.144. The SMILES string of the molecule is O=C(CCc1ccc(-c2ccccc2)[nH]1)N[C@@H]1CCc2ccccc2C1. The zero-order chi connectivity index (χ0) is 17.8. The van der Waals surface area contributed by atoms with Crippen LogP contribution in [0.5, 0.6) is 0 Å². The van der Waals surface area contributed by atoms with E-state index >= 15 is 0 Å². The van der Waals surface area contributed by atoms with Crippen LogP contribution < -0.4 is 5.32 Å². The summed E-state index contributed by atoms with van der Waals surface area (Å²) in [6, 6.07) is 23.2. The van der Waals surface area contributed by atoms with E-state index in [1.54, 1.807) is 0 Å². The quantitative estimate of drug-likeness (QED) is 0.712. The Morgan fingerprint density at radius 1 is 0.962 bits per heavy atom. The molecule has 2 N–H and O–H groups in total. The number of benzene rings is 2. The lowest BCUT2D eigenvalue weighted by atomic mass is 9.88. The third-order valence-corrected chi connectivity index (χ3v) is 5.16. The Morgan fingerprint density at radius 2 is 1.73 bits per heavy atom. The molecule has 0 unspecified atom stereocenters. The van der Waals surface area contributed by atoms with Gasteiger partial charge in [-0.05, 0) is 54.5 Å². The van der Waals surface area contributed by atoms with Gasteiger partial charge in [-0.25, -0.2) is 0 Å². The highest BCUT2D eigenvalue weighted by Crippen LogP contribution is 2.21. The van der Waals surface area contributed by atoms with Gasteiger partial charge in [0.2, 0.25) is 5.91 Å². The highest BCUT2D eigenvalue weighted by Gasteiger charge is 2.19. The summed E-state index contributed by atoms with van der Waals surface area (Å²) < 4.78 is 0. The first kappa shape index (κ1) is 16.6. The Labute approximate surface area is 154 Å². The molecular weight excluding hydrogens is 320 g/mol. The van der Waals surface area contributed by atoms with Crippen molar-refractivity contribution in [2.45, 2.75) is 38.1 Å². The molecule has 3 nitrogen and oxygen atoms in total. The zero-order valence-electron chi connectivity index (χ0n) is 14.9. The second-order valence-electron chi connectivity index (χ2n) is 7.04. The van der Waals surface area contributed by atoms with Crippen molar-refractivity contribution in [1.82, 2.24) is 10.3 Å². The lowest BCUT2D eigenvalue weighted by Crippen LogP contribution is -2.38.